The van der Waals surface area contributed by atoms with Crippen LogP contribution >= 0.6 is 11.6 Å². The van der Waals surface area contributed by atoms with Crippen LogP contribution in [0.15, 0.2) is 30.3 Å². The van der Waals surface area contributed by atoms with E-state index in [1.54, 1.807) is 13.2 Å². The second-order valence-electron chi connectivity index (χ2n) is 4.78. The van der Waals surface area contributed by atoms with Crippen LogP contribution in [0.25, 0.3) is 5.65 Å². The second-order valence-corrected chi connectivity index (χ2v) is 5.17. The van der Waals surface area contributed by atoms with Crippen LogP contribution in [-0.4, -0.2) is 26.7 Å². The van der Waals surface area contributed by atoms with Crippen molar-refractivity contribution >= 4 is 17.2 Å². The summed E-state index contributed by atoms with van der Waals surface area (Å²) in [5, 5.41) is 8.82. The molecule has 1 aromatic carbocycles. The summed E-state index contributed by atoms with van der Waals surface area (Å²) in [7, 11) is 1.66. The summed E-state index contributed by atoms with van der Waals surface area (Å²) < 4.78 is 7.10. The highest BCUT2D eigenvalue weighted by molar-refractivity contribution is 6.29. The number of aromatic nitrogens is 4. The monoisotopic (exact) mass is 302 g/mol. The molecule has 2 heterocycles. The summed E-state index contributed by atoms with van der Waals surface area (Å²) in [5.74, 6) is 2.55. The van der Waals surface area contributed by atoms with Gasteiger partial charge in [-0.25, -0.2) is 4.98 Å². The number of rotatable bonds is 4. The molecule has 0 saturated heterocycles. The van der Waals surface area contributed by atoms with Crippen LogP contribution in [0.2, 0.25) is 5.15 Å². The highest BCUT2D eigenvalue weighted by Crippen LogP contribution is 2.15. The summed E-state index contributed by atoms with van der Waals surface area (Å²) in [6.45, 7) is 1.90. The standard InChI is InChI=1S/C15H15ClN4O/c1-10-17-13(16)9-15-19-18-14(20(10)15)8-5-11-3-6-12(21-2)7-4-11/h3-4,6-7,9H,5,8H2,1-2H3. The van der Waals surface area contributed by atoms with Gasteiger partial charge < -0.3 is 4.74 Å². The third kappa shape index (κ3) is 2.83. The van der Waals surface area contributed by atoms with E-state index in [4.69, 9.17) is 16.3 Å². The molecule has 0 fully saturated rings. The highest BCUT2D eigenvalue weighted by Gasteiger charge is 2.10. The maximum atomic E-state index is 5.93. The highest BCUT2D eigenvalue weighted by atomic mass is 35.5. The number of hydrogen-bond donors (Lipinski definition) is 0. The fourth-order valence-electron chi connectivity index (χ4n) is 2.33. The molecular formula is C15H15ClN4O. The molecule has 0 spiro atoms. The minimum atomic E-state index is 0.439. The van der Waals surface area contributed by atoms with Gasteiger partial charge in [0.05, 0.1) is 7.11 Å². The minimum Gasteiger partial charge on any atom is -0.497 e. The van der Waals surface area contributed by atoms with Crippen molar-refractivity contribution in [2.75, 3.05) is 7.11 Å². The molecule has 0 amide bonds. The lowest BCUT2D eigenvalue weighted by Crippen LogP contribution is -2.03. The van der Waals surface area contributed by atoms with E-state index < -0.39 is 0 Å². The number of methoxy groups -OCH3 is 1. The Balaban J connectivity index is 1.81. The zero-order chi connectivity index (χ0) is 14.8. The van der Waals surface area contributed by atoms with Crippen molar-refractivity contribution in [2.24, 2.45) is 0 Å². The first-order valence-corrected chi connectivity index (χ1v) is 7.05. The van der Waals surface area contributed by atoms with E-state index >= 15 is 0 Å². The van der Waals surface area contributed by atoms with Crippen LogP contribution in [0, 0.1) is 6.92 Å². The van der Waals surface area contributed by atoms with Gasteiger partial charge in [0.25, 0.3) is 0 Å². The van der Waals surface area contributed by atoms with Gasteiger partial charge in [-0.1, -0.05) is 23.7 Å². The smallest absolute Gasteiger partial charge is 0.165 e. The first kappa shape index (κ1) is 13.8. The van der Waals surface area contributed by atoms with Crippen molar-refractivity contribution in [3.05, 3.63) is 52.7 Å². The summed E-state index contributed by atoms with van der Waals surface area (Å²) in [5.41, 5.74) is 1.96. The topological polar surface area (TPSA) is 52.3 Å². The third-order valence-corrected chi connectivity index (χ3v) is 3.59. The maximum Gasteiger partial charge on any atom is 0.165 e. The fraction of sp³-hybridized carbons (Fsp3) is 0.267. The first-order valence-electron chi connectivity index (χ1n) is 6.67. The van der Waals surface area contributed by atoms with Crippen molar-refractivity contribution in [2.45, 2.75) is 19.8 Å². The molecule has 3 aromatic rings. The number of halogens is 1. The van der Waals surface area contributed by atoms with Gasteiger partial charge in [0, 0.05) is 12.5 Å². The molecule has 0 unspecified atom stereocenters. The van der Waals surface area contributed by atoms with E-state index in [9.17, 15) is 0 Å². The molecule has 0 aliphatic carbocycles. The first-order chi connectivity index (χ1) is 10.2. The van der Waals surface area contributed by atoms with E-state index in [0.29, 0.717) is 5.15 Å². The predicted molar refractivity (Wildman–Crippen MR) is 80.9 cm³/mol. The van der Waals surface area contributed by atoms with Crippen molar-refractivity contribution in [3.8, 4) is 5.75 Å². The number of ether oxygens (including phenoxy) is 1. The number of aryl methyl sites for hydroxylation is 3. The molecule has 0 saturated carbocycles. The van der Waals surface area contributed by atoms with Crippen LogP contribution in [0.1, 0.15) is 17.2 Å². The van der Waals surface area contributed by atoms with Gasteiger partial charge >= 0.3 is 0 Å². The minimum absolute atomic E-state index is 0.439. The van der Waals surface area contributed by atoms with E-state index in [2.05, 4.69) is 27.3 Å². The summed E-state index contributed by atoms with van der Waals surface area (Å²) in [6, 6.07) is 9.76. The van der Waals surface area contributed by atoms with Gasteiger partial charge in [-0.15, -0.1) is 10.2 Å². The summed E-state index contributed by atoms with van der Waals surface area (Å²) in [6.07, 6.45) is 1.67. The number of hydrogen-bond acceptors (Lipinski definition) is 4. The summed E-state index contributed by atoms with van der Waals surface area (Å²) in [4.78, 5) is 4.24. The van der Waals surface area contributed by atoms with E-state index in [-0.39, 0.29) is 0 Å². The average Bonchev–Trinajstić information content (AvgIpc) is 2.89. The lowest BCUT2D eigenvalue weighted by atomic mass is 10.1. The van der Waals surface area contributed by atoms with Crippen LogP contribution in [0.3, 0.4) is 0 Å². The lowest BCUT2D eigenvalue weighted by molar-refractivity contribution is 0.414. The molecule has 5 nitrogen and oxygen atoms in total. The molecule has 2 aromatic heterocycles. The van der Waals surface area contributed by atoms with Crippen molar-refractivity contribution in [1.29, 1.82) is 0 Å². The Morgan fingerprint density at radius 3 is 2.62 bits per heavy atom. The largest absolute Gasteiger partial charge is 0.497 e. The number of fused-ring (bicyclic) bond motifs is 1. The predicted octanol–water partition coefficient (Wildman–Crippen LogP) is 2.88. The van der Waals surface area contributed by atoms with Crippen LogP contribution in [0.4, 0.5) is 0 Å². The number of benzene rings is 1. The quantitative estimate of drug-likeness (QED) is 0.695. The van der Waals surface area contributed by atoms with Gasteiger partial charge in [0.2, 0.25) is 0 Å². The van der Waals surface area contributed by atoms with E-state index in [1.165, 1.54) is 5.56 Å². The zero-order valence-corrected chi connectivity index (χ0v) is 12.6. The Morgan fingerprint density at radius 1 is 1.14 bits per heavy atom. The van der Waals surface area contributed by atoms with Crippen LogP contribution in [0.5, 0.6) is 5.75 Å². The Bertz CT molecular complexity index is 767. The molecule has 0 N–H and O–H groups in total. The molecule has 0 aliphatic rings. The normalized spacial score (nSPS) is 11.0. The van der Waals surface area contributed by atoms with Crippen molar-refractivity contribution in [3.63, 3.8) is 0 Å². The van der Waals surface area contributed by atoms with Gasteiger partial charge in [0.15, 0.2) is 5.65 Å². The van der Waals surface area contributed by atoms with E-state index in [0.717, 1.165) is 35.9 Å². The van der Waals surface area contributed by atoms with Gasteiger partial charge in [-0.2, -0.15) is 0 Å². The maximum absolute atomic E-state index is 5.93. The molecule has 0 bridgehead atoms. The van der Waals surface area contributed by atoms with E-state index in [1.807, 2.05) is 23.5 Å². The Labute approximate surface area is 127 Å². The van der Waals surface area contributed by atoms with Gasteiger partial charge in [-0.05, 0) is 31.0 Å². The third-order valence-electron chi connectivity index (χ3n) is 3.39. The fourth-order valence-corrected chi connectivity index (χ4v) is 2.55. The Kier molecular flexibility index (Phi) is 3.75. The molecule has 0 radical (unpaired) electrons. The molecule has 0 aliphatic heterocycles. The summed E-state index contributed by atoms with van der Waals surface area (Å²) >= 11 is 5.93. The molecule has 21 heavy (non-hydrogen) atoms. The molecule has 6 heteroatoms. The number of nitrogens with zero attached hydrogens (tertiary/aromatic N) is 4. The lowest BCUT2D eigenvalue weighted by Gasteiger charge is -2.05. The average molecular weight is 303 g/mol. The van der Waals surface area contributed by atoms with Gasteiger partial charge in [-0.3, -0.25) is 4.40 Å². The van der Waals surface area contributed by atoms with Crippen LogP contribution < -0.4 is 4.74 Å². The molecule has 0 atom stereocenters. The van der Waals surface area contributed by atoms with Crippen molar-refractivity contribution < 1.29 is 4.74 Å². The van der Waals surface area contributed by atoms with Gasteiger partial charge in [0.1, 0.15) is 22.6 Å². The Hall–Kier alpha value is -2.14. The molecular weight excluding hydrogens is 288 g/mol. The van der Waals surface area contributed by atoms with Crippen molar-refractivity contribution in [1.82, 2.24) is 19.6 Å². The molecule has 3 rings (SSSR count). The van der Waals surface area contributed by atoms with Crippen LogP contribution in [-0.2, 0) is 12.8 Å². The molecule has 108 valence electrons. The zero-order valence-electron chi connectivity index (χ0n) is 11.9. The Morgan fingerprint density at radius 2 is 1.90 bits per heavy atom. The second kappa shape index (κ2) is 5.69. The SMILES string of the molecule is COc1ccc(CCc2nnc3cc(Cl)nc(C)n23)cc1.